The molecule has 158 valence electrons. The number of carbonyl (C=O) groups is 1. The number of hydrogen-bond acceptors (Lipinski definition) is 4. The molecule has 0 unspecified atom stereocenters. The zero-order valence-corrected chi connectivity index (χ0v) is 19.4. The second-order valence-corrected chi connectivity index (χ2v) is 6.10. The van der Waals surface area contributed by atoms with Crippen molar-refractivity contribution >= 4 is 41.5 Å². The van der Waals surface area contributed by atoms with Crippen LogP contribution in [-0.4, -0.2) is 32.1 Å². The number of nitrogens with zero attached hydrogens (tertiary/aromatic N) is 1. The number of benzene rings is 2. The average Bonchev–Trinajstić information content (AvgIpc) is 2.71. The van der Waals surface area contributed by atoms with Gasteiger partial charge in [0.25, 0.3) is 5.91 Å². The number of hydrogen-bond donors (Lipinski definition) is 3. The third-order valence-corrected chi connectivity index (χ3v) is 4.03. The number of rotatable bonds is 9. The Labute approximate surface area is 189 Å². The van der Waals surface area contributed by atoms with E-state index in [1.807, 2.05) is 31.2 Å². The number of aryl methyl sites for hydroxylation is 1. The van der Waals surface area contributed by atoms with Crippen molar-refractivity contribution in [1.82, 2.24) is 5.32 Å². The van der Waals surface area contributed by atoms with E-state index in [0.29, 0.717) is 30.5 Å². The summed E-state index contributed by atoms with van der Waals surface area (Å²) in [6, 6.07) is 13.5. The fraction of sp³-hybridized carbons (Fsp3) is 0.333. The van der Waals surface area contributed by atoms with Gasteiger partial charge in [0.2, 0.25) is 0 Å². The molecule has 0 saturated carbocycles. The molecule has 1 amide bonds. The molecule has 0 aromatic heterocycles. The Bertz CT molecular complexity index is 810. The minimum Gasteiger partial charge on any atom is -0.493 e. The van der Waals surface area contributed by atoms with Crippen molar-refractivity contribution in [2.75, 3.05) is 25.6 Å². The Balaban J connectivity index is 0.00000420. The summed E-state index contributed by atoms with van der Waals surface area (Å²) in [5.74, 6) is 1.20. The van der Waals surface area contributed by atoms with Crippen LogP contribution in [0.15, 0.2) is 47.5 Å². The predicted molar refractivity (Wildman–Crippen MR) is 127 cm³/mol. The van der Waals surface area contributed by atoms with E-state index in [1.165, 1.54) is 5.56 Å². The third-order valence-electron chi connectivity index (χ3n) is 4.03. The minimum absolute atomic E-state index is 0. The number of amides is 1. The molecule has 8 heteroatoms. The van der Waals surface area contributed by atoms with Gasteiger partial charge in [0.1, 0.15) is 0 Å². The van der Waals surface area contributed by atoms with Gasteiger partial charge in [-0.05, 0) is 48.7 Å². The SMILES string of the molecule is CCNC(=O)COc1ccc(CN=C(N)Nc2ccc(CC)cc2)cc1OC.I. The smallest absolute Gasteiger partial charge is 0.257 e. The van der Waals surface area contributed by atoms with E-state index in [1.54, 1.807) is 13.2 Å². The summed E-state index contributed by atoms with van der Waals surface area (Å²) in [6.07, 6.45) is 0.995. The Kier molecular flexibility index (Phi) is 10.9. The van der Waals surface area contributed by atoms with E-state index >= 15 is 0 Å². The molecule has 0 radical (unpaired) electrons. The van der Waals surface area contributed by atoms with Crippen LogP contribution in [0.5, 0.6) is 11.5 Å². The Hall–Kier alpha value is -2.49. The van der Waals surface area contributed by atoms with E-state index in [9.17, 15) is 4.79 Å². The fourth-order valence-corrected chi connectivity index (χ4v) is 2.51. The second-order valence-electron chi connectivity index (χ2n) is 6.10. The lowest BCUT2D eigenvalue weighted by molar-refractivity contribution is -0.123. The first kappa shape index (κ1) is 24.5. The highest BCUT2D eigenvalue weighted by Crippen LogP contribution is 2.28. The van der Waals surface area contributed by atoms with Gasteiger partial charge in [-0.3, -0.25) is 4.79 Å². The topological polar surface area (TPSA) is 98.0 Å². The fourth-order valence-electron chi connectivity index (χ4n) is 2.51. The Morgan fingerprint density at radius 1 is 1.07 bits per heavy atom. The van der Waals surface area contributed by atoms with Gasteiger partial charge < -0.3 is 25.8 Å². The van der Waals surface area contributed by atoms with Gasteiger partial charge in [-0.15, -0.1) is 24.0 Å². The quantitative estimate of drug-likeness (QED) is 0.272. The molecular weight excluding hydrogens is 483 g/mol. The molecule has 0 aliphatic heterocycles. The normalized spacial score (nSPS) is 10.7. The molecule has 0 aliphatic rings. The first-order chi connectivity index (χ1) is 13.5. The second kappa shape index (κ2) is 12.9. The Morgan fingerprint density at radius 3 is 2.38 bits per heavy atom. The highest BCUT2D eigenvalue weighted by atomic mass is 127. The van der Waals surface area contributed by atoms with E-state index in [0.717, 1.165) is 17.7 Å². The maximum Gasteiger partial charge on any atom is 0.257 e. The van der Waals surface area contributed by atoms with Crippen molar-refractivity contribution in [3.8, 4) is 11.5 Å². The number of carbonyl (C=O) groups excluding carboxylic acids is 1. The van der Waals surface area contributed by atoms with Crippen LogP contribution >= 0.6 is 24.0 Å². The van der Waals surface area contributed by atoms with Gasteiger partial charge in [-0.2, -0.15) is 0 Å². The first-order valence-electron chi connectivity index (χ1n) is 9.28. The average molecular weight is 512 g/mol. The van der Waals surface area contributed by atoms with Gasteiger partial charge in [0.15, 0.2) is 24.1 Å². The highest BCUT2D eigenvalue weighted by Gasteiger charge is 2.08. The lowest BCUT2D eigenvalue weighted by Crippen LogP contribution is -2.28. The van der Waals surface area contributed by atoms with Gasteiger partial charge in [0, 0.05) is 12.2 Å². The first-order valence-corrected chi connectivity index (χ1v) is 9.28. The molecule has 2 aromatic carbocycles. The standard InChI is InChI=1S/C21H28N4O3.HI/c1-4-15-6-9-17(10-7-15)25-21(22)24-13-16-8-11-18(19(12-16)27-3)28-14-20(26)23-5-2;/h6-12H,4-5,13-14H2,1-3H3,(H,23,26)(H3,22,24,25);1H. The van der Waals surface area contributed by atoms with E-state index in [-0.39, 0.29) is 36.5 Å². The number of anilines is 1. The number of likely N-dealkylation sites (N-methyl/N-ethyl adjacent to an activating group) is 1. The monoisotopic (exact) mass is 512 g/mol. The molecule has 4 N–H and O–H groups in total. The number of guanidine groups is 1. The van der Waals surface area contributed by atoms with Crippen LogP contribution < -0.4 is 25.8 Å². The number of nitrogens with one attached hydrogen (secondary N) is 2. The molecule has 29 heavy (non-hydrogen) atoms. The third kappa shape index (κ3) is 8.18. The van der Waals surface area contributed by atoms with Gasteiger partial charge in [-0.1, -0.05) is 25.1 Å². The molecule has 0 bridgehead atoms. The van der Waals surface area contributed by atoms with Crippen molar-refractivity contribution in [1.29, 1.82) is 0 Å². The van der Waals surface area contributed by atoms with Crippen LogP contribution in [0, 0.1) is 0 Å². The molecule has 0 fully saturated rings. The van der Waals surface area contributed by atoms with Crippen molar-refractivity contribution in [3.05, 3.63) is 53.6 Å². The van der Waals surface area contributed by atoms with Crippen LogP contribution in [0.25, 0.3) is 0 Å². The predicted octanol–water partition coefficient (Wildman–Crippen LogP) is 3.32. The summed E-state index contributed by atoms with van der Waals surface area (Å²) in [5, 5.41) is 5.76. The minimum atomic E-state index is -0.177. The van der Waals surface area contributed by atoms with Crippen LogP contribution in [-0.2, 0) is 17.8 Å². The van der Waals surface area contributed by atoms with Crippen LogP contribution in [0.2, 0.25) is 0 Å². The van der Waals surface area contributed by atoms with Crippen molar-refractivity contribution < 1.29 is 14.3 Å². The molecule has 0 spiro atoms. The van der Waals surface area contributed by atoms with Crippen LogP contribution in [0.1, 0.15) is 25.0 Å². The maximum atomic E-state index is 11.5. The van der Waals surface area contributed by atoms with Crippen molar-refractivity contribution in [2.45, 2.75) is 26.8 Å². The summed E-state index contributed by atoms with van der Waals surface area (Å²) in [4.78, 5) is 15.9. The number of halogens is 1. The number of ether oxygens (including phenoxy) is 2. The molecule has 0 atom stereocenters. The molecular formula is C21H29IN4O3. The van der Waals surface area contributed by atoms with Gasteiger partial charge in [0.05, 0.1) is 13.7 Å². The van der Waals surface area contributed by atoms with Gasteiger partial charge >= 0.3 is 0 Å². The number of aliphatic imine (C=N–C) groups is 1. The summed E-state index contributed by atoms with van der Waals surface area (Å²) in [7, 11) is 1.55. The summed E-state index contributed by atoms with van der Waals surface area (Å²) in [6.45, 7) is 4.86. The van der Waals surface area contributed by atoms with Crippen molar-refractivity contribution in [2.24, 2.45) is 10.7 Å². The molecule has 0 heterocycles. The molecule has 2 aromatic rings. The summed E-state index contributed by atoms with van der Waals surface area (Å²) < 4.78 is 10.9. The molecule has 0 aliphatic carbocycles. The lowest BCUT2D eigenvalue weighted by atomic mass is 10.1. The number of nitrogens with two attached hydrogens (primary N) is 1. The summed E-state index contributed by atoms with van der Waals surface area (Å²) >= 11 is 0. The van der Waals surface area contributed by atoms with E-state index in [4.69, 9.17) is 15.2 Å². The molecule has 7 nitrogen and oxygen atoms in total. The van der Waals surface area contributed by atoms with Crippen LogP contribution in [0.4, 0.5) is 5.69 Å². The zero-order valence-electron chi connectivity index (χ0n) is 17.0. The highest BCUT2D eigenvalue weighted by molar-refractivity contribution is 14.0. The summed E-state index contributed by atoms with van der Waals surface area (Å²) in [5.41, 5.74) is 9.04. The largest absolute Gasteiger partial charge is 0.493 e. The van der Waals surface area contributed by atoms with Crippen molar-refractivity contribution in [3.63, 3.8) is 0 Å². The van der Waals surface area contributed by atoms with Crippen LogP contribution in [0.3, 0.4) is 0 Å². The van der Waals surface area contributed by atoms with E-state index < -0.39 is 0 Å². The molecule has 2 rings (SSSR count). The maximum absolute atomic E-state index is 11.5. The molecule has 0 saturated heterocycles. The lowest BCUT2D eigenvalue weighted by Gasteiger charge is -2.12. The zero-order chi connectivity index (χ0) is 20.4. The Morgan fingerprint density at radius 2 is 1.76 bits per heavy atom. The van der Waals surface area contributed by atoms with E-state index in [2.05, 4.69) is 34.7 Å². The number of methoxy groups -OCH3 is 1. The van der Waals surface area contributed by atoms with Gasteiger partial charge in [-0.25, -0.2) is 4.99 Å².